The van der Waals surface area contributed by atoms with Crippen molar-refractivity contribution in [2.24, 2.45) is 5.92 Å². The quantitative estimate of drug-likeness (QED) is 0.738. The van der Waals surface area contributed by atoms with E-state index in [-0.39, 0.29) is 30.3 Å². The number of hydrogen-bond acceptors (Lipinski definition) is 4. The summed E-state index contributed by atoms with van der Waals surface area (Å²) in [4.78, 5) is 14.1. The van der Waals surface area contributed by atoms with Crippen LogP contribution in [0.2, 0.25) is 0 Å². The summed E-state index contributed by atoms with van der Waals surface area (Å²) in [6.45, 7) is 2.60. The highest BCUT2D eigenvalue weighted by molar-refractivity contribution is 7.88. The molecule has 0 aromatic rings. The Bertz CT molecular complexity index is 411. The average molecular weight is 312 g/mol. The molecule has 0 saturated carbocycles. The second kappa shape index (κ2) is 6.88. The number of rotatable bonds is 4. The van der Waals surface area contributed by atoms with Gasteiger partial charge in [-0.25, -0.2) is 13.1 Å². The molecular weight excluding hydrogens is 290 g/mol. The summed E-state index contributed by atoms with van der Waals surface area (Å²) in [5, 5.41) is 3.09. The molecule has 2 saturated heterocycles. The van der Waals surface area contributed by atoms with Crippen LogP contribution in [-0.2, 0) is 14.8 Å². The number of nitrogens with zero attached hydrogens (tertiary/aromatic N) is 1. The predicted molar refractivity (Wildman–Crippen MR) is 75.8 cm³/mol. The number of halogens is 1. The van der Waals surface area contributed by atoms with Gasteiger partial charge in [-0.1, -0.05) is 0 Å². The fraction of sp³-hybridized carbons (Fsp3) is 0.909. The molecule has 0 aromatic carbocycles. The molecule has 1 unspecified atom stereocenters. The molecule has 2 fully saturated rings. The Kier molecular flexibility index (Phi) is 6.04. The van der Waals surface area contributed by atoms with E-state index in [1.807, 2.05) is 4.90 Å². The summed E-state index contributed by atoms with van der Waals surface area (Å²) in [5.74, 6) is 0.262. The van der Waals surface area contributed by atoms with Crippen molar-refractivity contribution in [1.29, 1.82) is 0 Å². The second-order valence-corrected chi connectivity index (χ2v) is 6.99. The van der Waals surface area contributed by atoms with Gasteiger partial charge in [0.15, 0.2) is 0 Å². The zero-order valence-electron chi connectivity index (χ0n) is 11.1. The van der Waals surface area contributed by atoms with E-state index in [0.29, 0.717) is 6.54 Å². The third-order valence-corrected chi connectivity index (χ3v) is 4.31. The molecule has 0 bridgehead atoms. The fourth-order valence-electron chi connectivity index (χ4n) is 2.45. The molecule has 6 nitrogen and oxygen atoms in total. The van der Waals surface area contributed by atoms with Crippen LogP contribution in [0.25, 0.3) is 0 Å². The molecule has 2 N–H and O–H groups in total. The molecule has 0 aliphatic carbocycles. The first kappa shape index (κ1) is 16.7. The molecule has 1 atom stereocenters. The third-order valence-electron chi connectivity index (χ3n) is 3.62. The number of likely N-dealkylation sites (tertiary alicyclic amines) is 1. The van der Waals surface area contributed by atoms with Gasteiger partial charge in [0.1, 0.15) is 0 Å². The van der Waals surface area contributed by atoms with Gasteiger partial charge in [-0.2, -0.15) is 0 Å². The lowest BCUT2D eigenvalue weighted by Crippen LogP contribution is -2.57. The summed E-state index contributed by atoms with van der Waals surface area (Å²) >= 11 is 0. The zero-order valence-corrected chi connectivity index (χ0v) is 12.7. The van der Waals surface area contributed by atoms with Crippen LogP contribution in [0.4, 0.5) is 0 Å². The van der Waals surface area contributed by atoms with Gasteiger partial charge in [0, 0.05) is 32.2 Å². The van der Waals surface area contributed by atoms with Crippen LogP contribution in [0.3, 0.4) is 0 Å². The standard InChI is InChI=1S/C11H21N3O3S.ClH/c1-18(16,17)13-8-10-4-2-3-5-14(10)11(15)9-6-12-7-9;/h9-10,12-13H,2-8H2,1H3;1H. The lowest BCUT2D eigenvalue weighted by Gasteiger charge is -2.40. The summed E-state index contributed by atoms with van der Waals surface area (Å²) in [7, 11) is -3.18. The number of carbonyl (C=O) groups is 1. The van der Waals surface area contributed by atoms with Crippen LogP contribution in [0.1, 0.15) is 19.3 Å². The molecule has 0 radical (unpaired) electrons. The Balaban J connectivity index is 0.00000180. The van der Waals surface area contributed by atoms with Crippen molar-refractivity contribution < 1.29 is 13.2 Å². The summed E-state index contributed by atoms with van der Waals surface area (Å²) < 4.78 is 24.8. The van der Waals surface area contributed by atoms with Gasteiger partial charge < -0.3 is 10.2 Å². The molecule has 112 valence electrons. The Morgan fingerprint density at radius 3 is 2.58 bits per heavy atom. The van der Waals surface area contributed by atoms with Crippen molar-refractivity contribution in [3.05, 3.63) is 0 Å². The van der Waals surface area contributed by atoms with Crippen LogP contribution < -0.4 is 10.0 Å². The predicted octanol–water partition coefficient (Wildman–Crippen LogP) is -0.442. The van der Waals surface area contributed by atoms with Crippen molar-refractivity contribution in [2.75, 3.05) is 32.4 Å². The van der Waals surface area contributed by atoms with Crippen LogP contribution in [0, 0.1) is 5.92 Å². The monoisotopic (exact) mass is 311 g/mol. The number of nitrogens with one attached hydrogen (secondary N) is 2. The number of hydrogen-bond donors (Lipinski definition) is 2. The largest absolute Gasteiger partial charge is 0.338 e. The molecule has 0 aromatic heterocycles. The highest BCUT2D eigenvalue weighted by atomic mass is 35.5. The first-order valence-electron chi connectivity index (χ1n) is 6.43. The minimum absolute atomic E-state index is 0. The van der Waals surface area contributed by atoms with Gasteiger partial charge in [0.05, 0.1) is 12.2 Å². The number of carbonyl (C=O) groups excluding carboxylic acids is 1. The lowest BCUT2D eigenvalue weighted by molar-refractivity contribution is -0.140. The summed E-state index contributed by atoms with van der Waals surface area (Å²) in [5.41, 5.74) is 0. The summed E-state index contributed by atoms with van der Waals surface area (Å²) in [6.07, 6.45) is 4.11. The van der Waals surface area contributed by atoms with Crippen molar-refractivity contribution in [1.82, 2.24) is 14.9 Å². The van der Waals surface area contributed by atoms with Crippen LogP contribution in [0.15, 0.2) is 0 Å². The van der Waals surface area contributed by atoms with Crippen molar-refractivity contribution in [3.63, 3.8) is 0 Å². The van der Waals surface area contributed by atoms with Crippen molar-refractivity contribution in [2.45, 2.75) is 25.3 Å². The van der Waals surface area contributed by atoms with Gasteiger partial charge in [0.2, 0.25) is 15.9 Å². The van der Waals surface area contributed by atoms with E-state index in [0.717, 1.165) is 45.2 Å². The summed E-state index contributed by atoms with van der Waals surface area (Å²) in [6, 6.07) is 0.0153. The van der Waals surface area contributed by atoms with Crippen molar-refractivity contribution >= 4 is 28.3 Å². The van der Waals surface area contributed by atoms with Gasteiger partial charge in [-0.15, -0.1) is 12.4 Å². The normalized spacial score (nSPS) is 24.5. The van der Waals surface area contributed by atoms with E-state index in [1.165, 1.54) is 0 Å². The molecular formula is C11H22ClN3O3S. The van der Waals surface area contributed by atoms with E-state index in [4.69, 9.17) is 0 Å². The van der Waals surface area contributed by atoms with Crippen molar-refractivity contribution in [3.8, 4) is 0 Å². The molecule has 2 aliphatic heterocycles. The highest BCUT2D eigenvalue weighted by Gasteiger charge is 2.34. The fourth-order valence-corrected chi connectivity index (χ4v) is 2.94. The molecule has 2 heterocycles. The van der Waals surface area contributed by atoms with Crippen LogP contribution in [-0.4, -0.2) is 57.7 Å². The SMILES string of the molecule is CS(=O)(=O)NCC1CCCCN1C(=O)C1CNC1.Cl. The average Bonchev–Trinajstić information content (AvgIpc) is 2.23. The number of sulfonamides is 1. The first-order valence-corrected chi connectivity index (χ1v) is 8.32. The van der Waals surface area contributed by atoms with E-state index < -0.39 is 10.0 Å². The van der Waals surface area contributed by atoms with Crippen LogP contribution >= 0.6 is 12.4 Å². The topological polar surface area (TPSA) is 78.5 Å². The number of amides is 1. The van der Waals surface area contributed by atoms with Crippen LogP contribution in [0.5, 0.6) is 0 Å². The Morgan fingerprint density at radius 1 is 1.37 bits per heavy atom. The first-order chi connectivity index (χ1) is 8.47. The molecule has 2 rings (SSSR count). The molecule has 1 amide bonds. The minimum atomic E-state index is -3.18. The van der Waals surface area contributed by atoms with E-state index in [9.17, 15) is 13.2 Å². The maximum Gasteiger partial charge on any atom is 0.228 e. The van der Waals surface area contributed by atoms with E-state index in [2.05, 4.69) is 10.0 Å². The smallest absolute Gasteiger partial charge is 0.228 e. The molecule has 2 aliphatic rings. The highest BCUT2D eigenvalue weighted by Crippen LogP contribution is 2.20. The lowest BCUT2D eigenvalue weighted by atomic mass is 9.96. The number of piperidine rings is 1. The Morgan fingerprint density at radius 2 is 2.05 bits per heavy atom. The minimum Gasteiger partial charge on any atom is -0.338 e. The maximum atomic E-state index is 12.2. The van der Waals surface area contributed by atoms with Gasteiger partial charge in [-0.05, 0) is 19.3 Å². The molecule has 8 heteroatoms. The third kappa shape index (κ3) is 4.59. The Labute approximate surface area is 120 Å². The molecule has 0 spiro atoms. The van der Waals surface area contributed by atoms with Gasteiger partial charge in [-0.3, -0.25) is 4.79 Å². The maximum absolute atomic E-state index is 12.2. The zero-order chi connectivity index (χ0) is 13.2. The van der Waals surface area contributed by atoms with Gasteiger partial charge in [0.25, 0.3) is 0 Å². The van der Waals surface area contributed by atoms with Gasteiger partial charge >= 0.3 is 0 Å². The Hall–Kier alpha value is -0.370. The van der Waals surface area contributed by atoms with E-state index in [1.54, 1.807) is 0 Å². The van der Waals surface area contributed by atoms with E-state index >= 15 is 0 Å². The molecule has 19 heavy (non-hydrogen) atoms. The second-order valence-electron chi connectivity index (χ2n) is 5.16.